The summed E-state index contributed by atoms with van der Waals surface area (Å²) in [4.78, 5) is 18.7. The number of anilines is 2. The predicted octanol–water partition coefficient (Wildman–Crippen LogP) is 3.39. The molecule has 4 N–H and O–H groups in total. The Bertz CT molecular complexity index is 1150. The highest BCUT2D eigenvalue weighted by molar-refractivity contribution is 7.21. The van der Waals surface area contributed by atoms with Crippen LogP contribution >= 0.6 is 11.3 Å². The molecule has 3 aromatic rings. The van der Waals surface area contributed by atoms with E-state index < -0.39 is 12.2 Å². The molecule has 0 unspecified atom stereocenters. The van der Waals surface area contributed by atoms with Crippen molar-refractivity contribution in [1.29, 1.82) is 0 Å². The summed E-state index contributed by atoms with van der Waals surface area (Å²) in [5.74, 6) is 1.33. The summed E-state index contributed by atoms with van der Waals surface area (Å²) in [7, 11) is 1.66. The number of aliphatic hydroxyl groups is 2. The Morgan fingerprint density at radius 2 is 1.88 bits per heavy atom. The first-order valence-corrected chi connectivity index (χ1v) is 12.5. The molecule has 3 heterocycles. The molecule has 0 bridgehead atoms. The summed E-state index contributed by atoms with van der Waals surface area (Å²) >= 11 is 1.56. The van der Waals surface area contributed by atoms with Crippen molar-refractivity contribution in [2.75, 3.05) is 24.4 Å². The van der Waals surface area contributed by atoms with Crippen LogP contribution < -0.4 is 10.6 Å². The maximum Gasteiger partial charge on any atom is 0.225 e. The van der Waals surface area contributed by atoms with Gasteiger partial charge in [0.15, 0.2) is 0 Å². The second-order valence-corrected chi connectivity index (χ2v) is 10.5. The zero-order chi connectivity index (χ0) is 24.6. The Balaban J connectivity index is 1.76. The monoisotopic (exact) mass is 486 g/mol. The van der Waals surface area contributed by atoms with E-state index >= 15 is 0 Å². The van der Waals surface area contributed by atoms with Crippen molar-refractivity contribution in [2.45, 2.75) is 65.3 Å². The number of hydrogen-bond acceptors (Lipinski definition) is 10. The smallest absolute Gasteiger partial charge is 0.225 e. The van der Waals surface area contributed by atoms with Crippen LogP contribution in [0.2, 0.25) is 0 Å². The van der Waals surface area contributed by atoms with E-state index in [0.717, 1.165) is 32.2 Å². The van der Waals surface area contributed by atoms with Gasteiger partial charge in [-0.15, -0.1) is 11.3 Å². The number of ether oxygens (including phenoxy) is 1. The van der Waals surface area contributed by atoms with Gasteiger partial charge in [-0.2, -0.15) is 4.98 Å². The predicted molar refractivity (Wildman–Crippen MR) is 135 cm³/mol. The lowest BCUT2D eigenvalue weighted by atomic mass is 9.92. The summed E-state index contributed by atoms with van der Waals surface area (Å²) < 4.78 is 6.27. The molecule has 0 saturated heterocycles. The van der Waals surface area contributed by atoms with Gasteiger partial charge in [0, 0.05) is 19.3 Å². The molecule has 1 fully saturated rings. The maximum atomic E-state index is 10.8. The zero-order valence-corrected chi connectivity index (χ0v) is 21.3. The number of fused-ring (bicyclic) bond motifs is 1. The molecule has 0 aliphatic heterocycles. The van der Waals surface area contributed by atoms with Crippen molar-refractivity contribution >= 4 is 33.3 Å². The minimum atomic E-state index is -0.888. The van der Waals surface area contributed by atoms with Gasteiger partial charge in [0.25, 0.3) is 0 Å². The number of pyridine rings is 1. The number of rotatable bonds is 8. The molecule has 34 heavy (non-hydrogen) atoms. The van der Waals surface area contributed by atoms with Crippen molar-refractivity contribution in [3.63, 3.8) is 0 Å². The SMILES string of the molecule is COC[C@@H](C)Nc1nc(C)c(-c2nc3c(C)nccc3s2)c(N[C@@H]2C[C@H](C(C)C)[C@@H](O)[C@H]2O)n1. The average Bonchev–Trinajstić information content (AvgIpc) is 3.31. The third kappa shape index (κ3) is 4.86. The molecule has 0 spiro atoms. The van der Waals surface area contributed by atoms with Gasteiger partial charge in [-0.05, 0) is 45.1 Å². The zero-order valence-electron chi connectivity index (χ0n) is 20.5. The van der Waals surface area contributed by atoms with Crippen LogP contribution in [0.3, 0.4) is 0 Å². The normalized spacial score (nSPS) is 23.6. The molecule has 184 valence electrons. The standard InChI is InChI=1S/C24H34N6O3S/c1-11(2)15-9-16(21(32)20(15)31)28-22-18(13(4)27-24(30-22)26-12(3)10-33-6)23-29-19-14(5)25-8-7-17(19)34-23/h7-8,11-12,15-16,20-21,31-32H,9-10H2,1-6H3,(H2,26,27,28,30)/t12-,15-,16-,20-,21+/m1/s1. The molecule has 1 aliphatic rings. The van der Waals surface area contributed by atoms with Gasteiger partial charge in [0.2, 0.25) is 5.95 Å². The van der Waals surface area contributed by atoms with Crippen molar-refractivity contribution in [2.24, 2.45) is 11.8 Å². The number of hydrogen-bond donors (Lipinski definition) is 4. The van der Waals surface area contributed by atoms with Crippen LogP contribution in [-0.4, -0.2) is 68.2 Å². The molecule has 0 amide bonds. The fraction of sp³-hybridized carbons (Fsp3) is 0.583. The van der Waals surface area contributed by atoms with Crippen molar-refractivity contribution < 1.29 is 14.9 Å². The van der Waals surface area contributed by atoms with Crippen LogP contribution in [-0.2, 0) is 4.74 Å². The lowest BCUT2D eigenvalue weighted by Crippen LogP contribution is -2.36. The molecular formula is C24H34N6O3S. The highest BCUT2D eigenvalue weighted by atomic mass is 32.1. The number of aromatic nitrogens is 4. The van der Waals surface area contributed by atoms with E-state index in [0.29, 0.717) is 24.8 Å². The molecule has 10 heteroatoms. The van der Waals surface area contributed by atoms with E-state index in [9.17, 15) is 10.2 Å². The summed E-state index contributed by atoms with van der Waals surface area (Å²) in [6.45, 7) is 10.5. The van der Waals surface area contributed by atoms with Crippen LogP contribution in [0.4, 0.5) is 11.8 Å². The van der Waals surface area contributed by atoms with Crippen LogP contribution in [0, 0.1) is 25.7 Å². The first-order valence-electron chi connectivity index (χ1n) is 11.7. The number of aliphatic hydroxyl groups excluding tert-OH is 2. The largest absolute Gasteiger partial charge is 0.390 e. The highest BCUT2D eigenvalue weighted by Gasteiger charge is 2.43. The van der Waals surface area contributed by atoms with Gasteiger partial charge < -0.3 is 25.6 Å². The van der Waals surface area contributed by atoms with E-state index in [1.54, 1.807) is 24.6 Å². The van der Waals surface area contributed by atoms with E-state index in [2.05, 4.69) is 29.5 Å². The molecule has 9 nitrogen and oxygen atoms in total. The van der Waals surface area contributed by atoms with Gasteiger partial charge in [0.1, 0.15) is 22.4 Å². The summed E-state index contributed by atoms with van der Waals surface area (Å²) in [5, 5.41) is 28.9. The van der Waals surface area contributed by atoms with E-state index in [4.69, 9.17) is 19.7 Å². The summed E-state index contributed by atoms with van der Waals surface area (Å²) in [5.41, 5.74) is 3.29. The van der Waals surface area contributed by atoms with E-state index in [1.807, 2.05) is 26.8 Å². The topological polar surface area (TPSA) is 125 Å². The Kier molecular flexibility index (Phi) is 7.32. The Morgan fingerprint density at radius 1 is 1.12 bits per heavy atom. The quantitative estimate of drug-likeness (QED) is 0.379. The van der Waals surface area contributed by atoms with E-state index in [1.165, 1.54) is 0 Å². The first-order chi connectivity index (χ1) is 16.2. The fourth-order valence-corrected chi connectivity index (χ4v) is 5.76. The highest BCUT2D eigenvalue weighted by Crippen LogP contribution is 2.39. The number of nitrogens with zero attached hydrogens (tertiary/aromatic N) is 4. The minimum absolute atomic E-state index is 0.00868. The third-order valence-corrected chi connectivity index (χ3v) is 7.53. The molecule has 4 rings (SSSR count). The molecule has 0 aromatic carbocycles. The molecule has 1 saturated carbocycles. The van der Waals surface area contributed by atoms with Gasteiger partial charge in [-0.3, -0.25) is 4.98 Å². The summed E-state index contributed by atoms with van der Waals surface area (Å²) in [6, 6.07) is 1.64. The summed E-state index contributed by atoms with van der Waals surface area (Å²) in [6.07, 6.45) is 0.767. The number of thiazole rings is 1. The number of nitrogens with one attached hydrogen (secondary N) is 2. The maximum absolute atomic E-state index is 10.8. The number of methoxy groups -OCH3 is 1. The fourth-order valence-electron chi connectivity index (χ4n) is 4.65. The van der Waals surface area contributed by atoms with Crippen LogP contribution in [0.1, 0.15) is 38.6 Å². The van der Waals surface area contributed by atoms with Crippen LogP contribution in [0.25, 0.3) is 20.8 Å². The van der Waals surface area contributed by atoms with Gasteiger partial charge in [-0.25, -0.2) is 9.97 Å². The van der Waals surface area contributed by atoms with E-state index in [-0.39, 0.29) is 23.9 Å². The Labute approximate surface area is 204 Å². The lowest BCUT2D eigenvalue weighted by Gasteiger charge is -2.22. The van der Waals surface area contributed by atoms with Crippen molar-refractivity contribution in [1.82, 2.24) is 19.9 Å². The molecule has 3 aromatic heterocycles. The molecule has 5 atom stereocenters. The molecule has 1 aliphatic carbocycles. The second kappa shape index (κ2) is 10.1. The molecule has 0 radical (unpaired) electrons. The van der Waals surface area contributed by atoms with Gasteiger partial charge >= 0.3 is 0 Å². The van der Waals surface area contributed by atoms with Crippen molar-refractivity contribution in [3.8, 4) is 10.6 Å². The van der Waals surface area contributed by atoms with Gasteiger partial charge in [-0.1, -0.05) is 13.8 Å². The third-order valence-electron chi connectivity index (χ3n) is 6.49. The van der Waals surface area contributed by atoms with Crippen LogP contribution in [0.15, 0.2) is 12.3 Å². The average molecular weight is 487 g/mol. The minimum Gasteiger partial charge on any atom is -0.390 e. The molecular weight excluding hydrogens is 452 g/mol. The first kappa shape index (κ1) is 24.7. The second-order valence-electron chi connectivity index (χ2n) is 9.49. The van der Waals surface area contributed by atoms with Gasteiger partial charge in [0.05, 0.1) is 40.4 Å². The lowest BCUT2D eigenvalue weighted by molar-refractivity contribution is 0.00750. The Hall–Kier alpha value is -2.40. The van der Waals surface area contributed by atoms with Crippen LogP contribution in [0.5, 0.6) is 0 Å². The van der Waals surface area contributed by atoms with Crippen molar-refractivity contribution in [3.05, 3.63) is 23.7 Å². The number of aryl methyl sites for hydroxylation is 2. The Morgan fingerprint density at radius 3 is 2.53 bits per heavy atom.